The molecule has 0 saturated carbocycles. The normalized spacial score (nSPS) is 13.1. The third-order valence-electron chi connectivity index (χ3n) is 4.77. The number of anilines is 2. The minimum atomic E-state index is -0.201. The lowest BCUT2D eigenvalue weighted by atomic mass is 9.98. The Morgan fingerprint density at radius 2 is 2.12 bits per heavy atom. The average Bonchev–Trinajstić information content (AvgIpc) is 2.67. The van der Waals surface area contributed by atoms with Gasteiger partial charge in [-0.05, 0) is 55.5 Å². The van der Waals surface area contributed by atoms with Gasteiger partial charge in [-0.2, -0.15) is 0 Å². The van der Waals surface area contributed by atoms with Crippen LogP contribution in [0.2, 0.25) is 0 Å². The first kappa shape index (κ1) is 18.1. The van der Waals surface area contributed by atoms with E-state index in [2.05, 4.69) is 40.7 Å². The van der Waals surface area contributed by atoms with Gasteiger partial charge >= 0.3 is 6.03 Å². The van der Waals surface area contributed by atoms with E-state index < -0.39 is 0 Å². The van der Waals surface area contributed by atoms with Crippen molar-refractivity contribution in [1.29, 1.82) is 0 Å². The number of carbonyl (C=O) groups is 1. The van der Waals surface area contributed by atoms with Gasteiger partial charge in [-0.15, -0.1) is 0 Å². The molecule has 2 amide bonds. The largest absolute Gasteiger partial charge is 0.497 e. The van der Waals surface area contributed by atoms with Gasteiger partial charge in [-0.3, -0.25) is 0 Å². The van der Waals surface area contributed by atoms with Gasteiger partial charge in [0.25, 0.3) is 0 Å². The Hall–Kier alpha value is -2.69. The summed E-state index contributed by atoms with van der Waals surface area (Å²) >= 11 is 0. The Bertz CT molecular complexity index is 761. The number of methoxy groups -OCH3 is 1. The molecular weight excluding hydrogens is 326 g/mol. The van der Waals surface area contributed by atoms with E-state index in [1.54, 1.807) is 13.2 Å². The van der Waals surface area contributed by atoms with Crippen LogP contribution in [0.5, 0.6) is 5.75 Å². The van der Waals surface area contributed by atoms with E-state index in [0.717, 1.165) is 37.4 Å². The second-order valence-electron chi connectivity index (χ2n) is 6.51. The van der Waals surface area contributed by atoms with Crippen molar-refractivity contribution >= 4 is 17.4 Å². The number of ether oxygens (including phenoxy) is 1. The van der Waals surface area contributed by atoms with Gasteiger partial charge in [0.05, 0.1) is 7.11 Å². The van der Waals surface area contributed by atoms with Crippen LogP contribution in [-0.4, -0.2) is 32.8 Å². The molecule has 2 aromatic carbocycles. The van der Waals surface area contributed by atoms with Crippen molar-refractivity contribution in [2.45, 2.75) is 26.2 Å². The molecule has 26 heavy (non-hydrogen) atoms. The second-order valence-corrected chi connectivity index (χ2v) is 6.51. The van der Waals surface area contributed by atoms with Gasteiger partial charge in [0, 0.05) is 37.1 Å². The number of hydrogen-bond acceptors (Lipinski definition) is 3. The minimum Gasteiger partial charge on any atom is -0.497 e. The summed E-state index contributed by atoms with van der Waals surface area (Å²) in [5, 5.41) is 5.75. The lowest BCUT2D eigenvalue weighted by Gasteiger charge is -2.30. The molecule has 2 aromatic rings. The quantitative estimate of drug-likeness (QED) is 0.830. The molecule has 5 nitrogen and oxygen atoms in total. The Morgan fingerprint density at radius 1 is 1.23 bits per heavy atom. The van der Waals surface area contributed by atoms with Crippen molar-refractivity contribution in [1.82, 2.24) is 5.32 Å². The maximum atomic E-state index is 12.0. The molecule has 0 aromatic heterocycles. The van der Waals surface area contributed by atoms with Crippen molar-refractivity contribution in [3.05, 3.63) is 53.6 Å². The van der Waals surface area contributed by atoms with Crippen molar-refractivity contribution in [2.24, 2.45) is 0 Å². The van der Waals surface area contributed by atoms with Crippen LogP contribution >= 0.6 is 0 Å². The van der Waals surface area contributed by atoms with Gasteiger partial charge in [0.2, 0.25) is 0 Å². The molecule has 138 valence electrons. The third kappa shape index (κ3) is 4.48. The smallest absolute Gasteiger partial charge is 0.319 e. The number of fused-ring (bicyclic) bond motifs is 1. The summed E-state index contributed by atoms with van der Waals surface area (Å²) in [5.74, 6) is 0.720. The molecule has 0 bridgehead atoms. The zero-order valence-electron chi connectivity index (χ0n) is 15.5. The van der Waals surface area contributed by atoms with Crippen molar-refractivity contribution in [3.8, 4) is 5.75 Å². The Balaban J connectivity index is 1.51. The van der Waals surface area contributed by atoms with Crippen LogP contribution in [0.3, 0.4) is 0 Å². The Morgan fingerprint density at radius 3 is 2.92 bits per heavy atom. The molecule has 0 spiro atoms. The number of urea groups is 1. The molecule has 1 aliphatic rings. The molecule has 3 rings (SSSR count). The highest BCUT2D eigenvalue weighted by molar-refractivity contribution is 5.89. The minimum absolute atomic E-state index is 0.201. The van der Waals surface area contributed by atoms with Gasteiger partial charge in [0.1, 0.15) is 5.75 Å². The van der Waals surface area contributed by atoms with E-state index in [9.17, 15) is 4.79 Å². The number of amides is 2. The lowest BCUT2D eigenvalue weighted by Crippen LogP contribution is -2.30. The highest BCUT2D eigenvalue weighted by Gasteiger charge is 2.15. The fourth-order valence-electron chi connectivity index (χ4n) is 3.41. The molecule has 0 fully saturated rings. The van der Waals surface area contributed by atoms with E-state index in [1.807, 2.05) is 18.2 Å². The molecule has 0 aliphatic carbocycles. The number of nitrogens with one attached hydrogen (secondary N) is 2. The van der Waals surface area contributed by atoms with Crippen molar-refractivity contribution in [3.63, 3.8) is 0 Å². The maximum Gasteiger partial charge on any atom is 0.319 e. The first-order valence-electron chi connectivity index (χ1n) is 9.25. The number of benzene rings is 2. The summed E-state index contributed by atoms with van der Waals surface area (Å²) in [6, 6.07) is 13.8. The topological polar surface area (TPSA) is 53.6 Å². The van der Waals surface area contributed by atoms with Crippen LogP contribution in [0.15, 0.2) is 42.5 Å². The zero-order chi connectivity index (χ0) is 18.4. The molecule has 0 unspecified atom stereocenters. The summed E-state index contributed by atoms with van der Waals surface area (Å²) in [7, 11) is 1.61. The Labute approximate surface area is 155 Å². The Kier molecular flexibility index (Phi) is 6.00. The standard InChI is InChI=1S/C21H27N3O2/c1-3-24-13-5-6-17-14-16(9-10-20(17)24)11-12-22-21(25)23-18-7-4-8-19(15-18)26-2/h4,7-10,14-15H,3,5-6,11-13H2,1-2H3,(H2,22,23,25). The molecule has 2 N–H and O–H groups in total. The number of rotatable bonds is 6. The van der Waals surface area contributed by atoms with Crippen molar-refractivity contribution in [2.75, 3.05) is 37.0 Å². The summed E-state index contributed by atoms with van der Waals surface area (Å²) in [4.78, 5) is 14.5. The highest BCUT2D eigenvalue weighted by Crippen LogP contribution is 2.27. The van der Waals surface area contributed by atoms with E-state index in [0.29, 0.717) is 6.54 Å². The van der Waals surface area contributed by atoms with E-state index in [1.165, 1.54) is 23.2 Å². The number of carbonyl (C=O) groups excluding carboxylic acids is 1. The summed E-state index contributed by atoms with van der Waals surface area (Å²) < 4.78 is 5.16. The van der Waals surface area contributed by atoms with Crippen LogP contribution < -0.4 is 20.3 Å². The van der Waals surface area contributed by atoms with E-state index in [4.69, 9.17) is 4.74 Å². The molecule has 0 saturated heterocycles. The fourth-order valence-corrected chi connectivity index (χ4v) is 3.41. The predicted molar refractivity (Wildman–Crippen MR) is 106 cm³/mol. The number of hydrogen-bond donors (Lipinski definition) is 2. The fraction of sp³-hybridized carbons (Fsp3) is 0.381. The van der Waals surface area contributed by atoms with Crippen LogP contribution in [-0.2, 0) is 12.8 Å². The van der Waals surface area contributed by atoms with Crippen molar-refractivity contribution < 1.29 is 9.53 Å². The highest BCUT2D eigenvalue weighted by atomic mass is 16.5. The predicted octanol–water partition coefficient (Wildman–Crippen LogP) is 3.83. The first-order chi connectivity index (χ1) is 12.7. The molecule has 0 atom stereocenters. The maximum absolute atomic E-state index is 12.0. The van der Waals surface area contributed by atoms with Gasteiger partial charge in [-0.1, -0.05) is 18.2 Å². The summed E-state index contributed by atoms with van der Waals surface area (Å²) in [6.07, 6.45) is 3.18. The summed E-state index contributed by atoms with van der Waals surface area (Å²) in [6.45, 7) is 5.01. The molecule has 0 radical (unpaired) electrons. The van der Waals surface area contributed by atoms with Crippen LogP contribution in [0.1, 0.15) is 24.5 Å². The molecular formula is C21H27N3O2. The van der Waals surface area contributed by atoms with Gasteiger partial charge < -0.3 is 20.3 Å². The number of aryl methyl sites for hydroxylation is 1. The van der Waals surface area contributed by atoms with Gasteiger partial charge in [-0.25, -0.2) is 4.79 Å². The van der Waals surface area contributed by atoms with E-state index in [-0.39, 0.29) is 6.03 Å². The second kappa shape index (κ2) is 8.61. The summed E-state index contributed by atoms with van der Waals surface area (Å²) in [5.41, 5.74) is 4.78. The zero-order valence-corrected chi connectivity index (χ0v) is 15.5. The van der Waals surface area contributed by atoms with E-state index >= 15 is 0 Å². The van der Waals surface area contributed by atoms with Crippen LogP contribution in [0.4, 0.5) is 16.2 Å². The van der Waals surface area contributed by atoms with Gasteiger partial charge in [0.15, 0.2) is 0 Å². The third-order valence-corrected chi connectivity index (χ3v) is 4.77. The van der Waals surface area contributed by atoms with Crippen LogP contribution in [0, 0.1) is 0 Å². The SMILES string of the molecule is CCN1CCCc2cc(CCNC(=O)Nc3cccc(OC)c3)ccc21. The first-order valence-corrected chi connectivity index (χ1v) is 9.25. The molecule has 1 aliphatic heterocycles. The monoisotopic (exact) mass is 353 g/mol. The lowest BCUT2D eigenvalue weighted by molar-refractivity contribution is 0.252. The number of nitrogens with zero attached hydrogens (tertiary/aromatic N) is 1. The molecule has 1 heterocycles. The molecule has 5 heteroatoms. The van der Waals surface area contributed by atoms with Crippen LogP contribution in [0.25, 0.3) is 0 Å². The average molecular weight is 353 g/mol.